The van der Waals surface area contributed by atoms with Crippen molar-refractivity contribution in [2.45, 2.75) is 25.6 Å². The molecule has 116 valence electrons. The summed E-state index contributed by atoms with van der Waals surface area (Å²) in [7, 11) is 1.14. The van der Waals surface area contributed by atoms with Crippen LogP contribution in [0.25, 0.3) is 0 Å². The first-order valence-corrected chi connectivity index (χ1v) is 6.27. The van der Waals surface area contributed by atoms with Crippen LogP contribution in [0.15, 0.2) is 30.3 Å². The number of benzene rings is 1. The summed E-state index contributed by atoms with van der Waals surface area (Å²) in [6.07, 6.45) is -5.28. The number of carbonyl (C=O) groups excluding carboxylic acids is 2. The van der Waals surface area contributed by atoms with Gasteiger partial charge in [-0.3, -0.25) is 9.59 Å². The molecule has 1 unspecified atom stereocenters. The van der Waals surface area contributed by atoms with Crippen LogP contribution in [0.3, 0.4) is 0 Å². The number of nitrogens with zero attached hydrogens (tertiary/aromatic N) is 1. The minimum Gasteiger partial charge on any atom is -0.469 e. The Morgan fingerprint density at radius 1 is 1.24 bits per heavy atom. The first-order chi connectivity index (χ1) is 9.77. The van der Waals surface area contributed by atoms with Crippen molar-refractivity contribution in [2.75, 3.05) is 13.7 Å². The number of amides is 1. The second-order valence-electron chi connectivity index (χ2n) is 4.41. The van der Waals surface area contributed by atoms with Crippen molar-refractivity contribution in [3.8, 4) is 0 Å². The molecule has 1 aromatic rings. The predicted molar refractivity (Wildman–Crippen MR) is 69.3 cm³/mol. The molecule has 0 spiro atoms. The van der Waals surface area contributed by atoms with Crippen LogP contribution in [-0.2, 0) is 14.3 Å². The Labute approximate surface area is 120 Å². The van der Waals surface area contributed by atoms with Crippen molar-refractivity contribution in [1.29, 1.82) is 0 Å². The molecule has 21 heavy (non-hydrogen) atoms. The SMILES string of the molecule is COC(=O)CCN(C(=O)C(F)(F)F)C(C)c1ccccc1. The molecule has 1 amide bonds. The summed E-state index contributed by atoms with van der Waals surface area (Å²) in [5.74, 6) is -2.64. The van der Waals surface area contributed by atoms with Crippen LogP contribution in [0.2, 0.25) is 0 Å². The molecule has 1 rings (SSSR count). The van der Waals surface area contributed by atoms with Gasteiger partial charge in [0.05, 0.1) is 19.6 Å². The summed E-state index contributed by atoms with van der Waals surface area (Å²) in [6.45, 7) is 1.12. The monoisotopic (exact) mass is 303 g/mol. The maximum absolute atomic E-state index is 12.7. The van der Waals surface area contributed by atoms with Gasteiger partial charge in [0.15, 0.2) is 0 Å². The highest BCUT2D eigenvalue weighted by Gasteiger charge is 2.44. The molecule has 0 aliphatic carbocycles. The maximum atomic E-state index is 12.7. The summed E-state index contributed by atoms with van der Waals surface area (Å²) in [6, 6.07) is 7.51. The van der Waals surface area contributed by atoms with Gasteiger partial charge >= 0.3 is 18.1 Å². The van der Waals surface area contributed by atoms with Gasteiger partial charge in [0.25, 0.3) is 0 Å². The van der Waals surface area contributed by atoms with E-state index in [-0.39, 0.29) is 13.0 Å². The van der Waals surface area contributed by atoms with E-state index in [1.54, 1.807) is 30.3 Å². The summed E-state index contributed by atoms with van der Waals surface area (Å²) < 4.78 is 42.4. The molecule has 1 aromatic carbocycles. The van der Waals surface area contributed by atoms with Crippen LogP contribution < -0.4 is 0 Å². The van der Waals surface area contributed by atoms with Crippen molar-refractivity contribution in [3.63, 3.8) is 0 Å². The number of hydrogen-bond donors (Lipinski definition) is 0. The van der Waals surface area contributed by atoms with Crippen LogP contribution in [0, 0.1) is 0 Å². The highest BCUT2D eigenvalue weighted by molar-refractivity contribution is 5.82. The van der Waals surface area contributed by atoms with Crippen molar-refractivity contribution >= 4 is 11.9 Å². The van der Waals surface area contributed by atoms with Crippen LogP contribution in [-0.4, -0.2) is 36.6 Å². The zero-order valence-electron chi connectivity index (χ0n) is 11.7. The van der Waals surface area contributed by atoms with Crippen molar-refractivity contribution in [3.05, 3.63) is 35.9 Å². The zero-order chi connectivity index (χ0) is 16.0. The van der Waals surface area contributed by atoms with E-state index in [2.05, 4.69) is 4.74 Å². The van der Waals surface area contributed by atoms with Crippen molar-refractivity contribution in [2.24, 2.45) is 0 Å². The molecule has 4 nitrogen and oxygen atoms in total. The third kappa shape index (κ3) is 4.77. The Kier molecular flexibility index (Phi) is 5.75. The van der Waals surface area contributed by atoms with Crippen LogP contribution >= 0.6 is 0 Å². The molecule has 0 N–H and O–H groups in total. The van der Waals surface area contributed by atoms with Crippen LogP contribution in [0.4, 0.5) is 13.2 Å². The number of esters is 1. The fourth-order valence-electron chi connectivity index (χ4n) is 1.86. The van der Waals surface area contributed by atoms with Gasteiger partial charge in [0.1, 0.15) is 0 Å². The van der Waals surface area contributed by atoms with Gasteiger partial charge in [0, 0.05) is 6.54 Å². The van der Waals surface area contributed by atoms with E-state index >= 15 is 0 Å². The van der Waals surface area contributed by atoms with E-state index in [0.717, 1.165) is 7.11 Å². The molecule has 7 heteroatoms. The average molecular weight is 303 g/mol. The molecule has 0 bridgehead atoms. The Morgan fingerprint density at radius 3 is 2.29 bits per heavy atom. The van der Waals surface area contributed by atoms with E-state index < -0.39 is 24.1 Å². The van der Waals surface area contributed by atoms with Crippen molar-refractivity contribution in [1.82, 2.24) is 4.90 Å². The highest BCUT2D eigenvalue weighted by Crippen LogP contribution is 2.27. The zero-order valence-corrected chi connectivity index (χ0v) is 11.7. The molecular formula is C14H16F3NO3. The predicted octanol–water partition coefficient (Wildman–Crippen LogP) is 2.70. The number of hydrogen-bond acceptors (Lipinski definition) is 3. The molecular weight excluding hydrogens is 287 g/mol. The van der Waals surface area contributed by atoms with E-state index in [1.165, 1.54) is 6.92 Å². The molecule has 0 saturated carbocycles. The lowest BCUT2D eigenvalue weighted by Crippen LogP contribution is -2.43. The number of ether oxygens (including phenoxy) is 1. The Bertz CT molecular complexity index is 488. The summed E-state index contributed by atoms with van der Waals surface area (Å²) in [5.41, 5.74) is 0.556. The molecule has 0 radical (unpaired) electrons. The van der Waals surface area contributed by atoms with Gasteiger partial charge in [-0.1, -0.05) is 30.3 Å². The summed E-state index contributed by atoms with van der Waals surface area (Å²) in [4.78, 5) is 23.3. The maximum Gasteiger partial charge on any atom is 0.471 e. The smallest absolute Gasteiger partial charge is 0.469 e. The Balaban J connectivity index is 2.96. The largest absolute Gasteiger partial charge is 0.471 e. The fourth-order valence-corrected chi connectivity index (χ4v) is 1.86. The van der Waals surface area contributed by atoms with Crippen LogP contribution in [0.1, 0.15) is 24.9 Å². The van der Waals surface area contributed by atoms with E-state index in [1.807, 2.05) is 0 Å². The molecule has 0 saturated heterocycles. The van der Waals surface area contributed by atoms with Crippen molar-refractivity contribution < 1.29 is 27.5 Å². The Morgan fingerprint density at radius 2 is 1.81 bits per heavy atom. The number of alkyl halides is 3. The van der Waals surface area contributed by atoms with Gasteiger partial charge in [-0.15, -0.1) is 0 Å². The lowest BCUT2D eigenvalue weighted by Gasteiger charge is -2.30. The van der Waals surface area contributed by atoms with Gasteiger partial charge in [0.2, 0.25) is 0 Å². The normalized spacial score (nSPS) is 12.6. The lowest BCUT2D eigenvalue weighted by atomic mass is 10.1. The summed E-state index contributed by atoms with van der Waals surface area (Å²) in [5, 5.41) is 0. The van der Waals surface area contributed by atoms with E-state index in [0.29, 0.717) is 10.5 Å². The van der Waals surface area contributed by atoms with E-state index in [4.69, 9.17) is 0 Å². The van der Waals surface area contributed by atoms with Crippen LogP contribution in [0.5, 0.6) is 0 Å². The minimum absolute atomic E-state index is 0.296. The fraction of sp³-hybridized carbons (Fsp3) is 0.429. The topological polar surface area (TPSA) is 46.6 Å². The molecule has 0 aliphatic heterocycles. The second-order valence-corrected chi connectivity index (χ2v) is 4.41. The Hall–Kier alpha value is -2.05. The molecule has 0 heterocycles. The number of halogens is 3. The molecule has 1 atom stereocenters. The van der Waals surface area contributed by atoms with Gasteiger partial charge in [-0.25, -0.2) is 0 Å². The summed E-state index contributed by atoms with van der Waals surface area (Å²) >= 11 is 0. The van der Waals surface area contributed by atoms with E-state index in [9.17, 15) is 22.8 Å². The quantitative estimate of drug-likeness (QED) is 0.786. The standard InChI is InChI=1S/C14H16F3NO3/c1-10(11-6-4-3-5-7-11)18(9-8-12(19)21-2)13(20)14(15,16)17/h3-7,10H,8-9H2,1-2H3. The average Bonchev–Trinajstić information content (AvgIpc) is 2.46. The molecule has 0 fully saturated rings. The van der Waals surface area contributed by atoms with Gasteiger partial charge < -0.3 is 9.64 Å². The minimum atomic E-state index is -4.99. The molecule has 0 aliphatic rings. The first kappa shape index (κ1) is 17.0. The third-order valence-electron chi connectivity index (χ3n) is 3.04. The third-order valence-corrected chi connectivity index (χ3v) is 3.04. The van der Waals surface area contributed by atoms with Gasteiger partial charge in [-0.2, -0.15) is 13.2 Å². The highest BCUT2D eigenvalue weighted by atomic mass is 19.4. The first-order valence-electron chi connectivity index (χ1n) is 6.27. The number of carbonyl (C=O) groups is 2. The molecule has 0 aromatic heterocycles. The number of rotatable bonds is 5. The van der Waals surface area contributed by atoms with Gasteiger partial charge in [-0.05, 0) is 12.5 Å². The second kappa shape index (κ2) is 7.10. The lowest BCUT2D eigenvalue weighted by molar-refractivity contribution is -0.188. The number of methoxy groups -OCH3 is 1.